The fraction of sp³-hybridized carbons (Fsp3) is 0. The Bertz CT molecular complexity index is 12.4. The van der Waals surface area contributed by atoms with Crippen molar-refractivity contribution in [2.75, 3.05) is 0 Å². The SMILES string of the molecule is [O-][Cl+]O[Cl+][O-]. The van der Waals surface area contributed by atoms with E-state index in [0.717, 1.165) is 0 Å². The minimum absolute atomic E-state index is 0.149. The van der Waals surface area contributed by atoms with E-state index in [1.54, 1.807) is 0 Å². The minimum atomic E-state index is 0.149. The van der Waals surface area contributed by atoms with Crippen molar-refractivity contribution >= 4 is 0 Å². The zero-order chi connectivity index (χ0) is 4.12. The van der Waals surface area contributed by atoms with Crippen LogP contribution in [0.4, 0.5) is 0 Å². The highest BCUT2D eigenvalue weighted by atomic mass is 35.6. The van der Waals surface area contributed by atoms with Crippen molar-refractivity contribution < 1.29 is 35.8 Å². The van der Waals surface area contributed by atoms with Gasteiger partial charge in [-0.05, 0) is 0 Å². The lowest BCUT2D eigenvalue weighted by Crippen LogP contribution is -2.09. The van der Waals surface area contributed by atoms with Gasteiger partial charge in [-0.3, -0.25) is 0 Å². The van der Waals surface area contributed by atoms with E-state index in [1.807, 2.05) is 0 Å². The first-order valence-corrected chi connectivity index (χ1v) is 1.85. The molecule has 0 heterocycles. The van der Waals surface area contributed by atoms with Gasteiger partial charge in [0.2, 0.25) is 3.84 Å². The third kappa shape index (κ3) is 4.46. The van der Waals surface area contributed by atoms with Crippen molar-refractivity contribution in [1.29, 1.82) is 0 Å². The molecule has 0 atom stereocenters. The highest BCUT2D eigenvalue weighted by Crippen LogP contribution is 1.58. The van der Waals surface area contributed by atoms with Gasteiger partial charge in [0.25, 0.3) is 0 Å². The average molecular weight is 119 g/mol. The van der Waals surface area contributed by atoms with E-state index in [2.05, 4.69) is 3.84 Å². The summed E-state index contributed by atoms with van der Waals surface area (Å²) in [6, 6.07) is 0. The normalized spacial score (nSPS) is 8.40. The molecule has 0 saturated carbocycles. The van der Waals surface area contributed by atoms with Gasteiger partial charge in [0.1, 0.15) is 0 Å². The van der Waals surface area contributed by atoms with Gasteiger partial charge in [-0.1, -0.05) is 0 Å². The molecule has 0 aliphatic heterocycles. The Morgan fingerprint density at radius 1 is 1.20 bits per heavy atom. The minimum Gasteiger partial charge on any atom is -0.501 e. The lowest BCUT2D eigenvalue weighted by molar-refractivity contribution is -1.47. The molecule has 32 valence electrons. The number of hydrogen-bond donors (Lipinski definition) is 0. The summed E-state index contributed by atoms with van der Waals surface area (Å²) in [4.78, 5) is 0. The van der Waals surface area contributed by atoms with E-state index in [4.69, 9.17) is 9.32 Å². The van der Waals surface area contributed by atoms with Gasteiger partial charge in [0.05, 0.1) is 0 Å². The van der Waals surface area contributed by atoms with Crippen LogP contribution in [-0.4, -0.2) is 0 Å². The molecule has 0 fully saturated rings. The first-order valence-electron chi connectivity index (χ1n) is 0.617. The molecule has 5 heteroatoms. The lowest BCUT2D eigenvalue weighted by Gasteiger charge is -1.61. The molecule has 0 aliphatic rings. The third-order valence-electron chi connectivity index (χ3n) is 0.0476. The van der Waals surface area contributed by atoms with Crippen molar-refractivity contribution in [1.82, 2.24) is 0 Å². The van der Waals surface area contributed by atoms with Crippen LogP contribution >= 0.6 is 0 Å². The molecule has 0 aromatic rings. The highest BCUT2D eigenvalue weighted by molar-refractivity contribution is 2.22. The Kier molecular flexibility index (Phi) is 4.87. The van der Waals surface area contributed by atoms with E-state index in [-0.39, 0.29) is 22.7 Å². The molecule has 0 spiro atoms. The van der Waals surface area contributed by atoms with Gasteiger partial charge in [-0.2, -0.15) is 0 Å². The molecule has 0 aromatic carbocycles. The molecule has 0 N–H and O–H groups in total. The molecule has 5 heavy (non-hydrogen) atoms. The number of halogens is 2. The Morgan fingerprint density at radius 2 is 1.60 bits per heavy atom. The lowest BCUT2D eigenvalue weighted by atomic mass is 15.8. The molecule has 0 saturated heterocycles. The topological polar surface area (TPSA) is 55.3 Å². The largest absolute Gasteiger partial charge is 0.501 e. The average Bonchev–Trinajstić information content (AvgIpc) is 1.41. The van der Waals surface area contributed by atoms with Crippen LogP contribution in [0.25, 0.3) is 0 Å². The van der Waals surface area contributed by atoms with Crippen molar-refractivity contribution in [2.45, 2.75) is 0 Å². The van der Waals surface area contributed by atoms with Gasteiger partial charge < -0.3 is 9.32 Å². The number of hydrogen-bond acceptors (Lipinski definition) is 3. The maximum absolute atomic E-state index is 8.93. The van der Waals surface area contributed by atoms with Crippen molar-refractivity contribution in [2.24, 2.45) is 0 Å². The number of rotatable bonds is 2. The molecule has 0 unspecified atom stereocenters. The van der Waals surface area contributed by atoms with E-state index in [0.29, 0.717) is 0 Å². The van der Waals surface area contributed by atoms with E-state index in [1.165, 1.54) is 0 Å². The highest BCUT2D eigenvalue weighted by Gasteiger charge is 1.95. The van der Waals surface area contributed by atoms with Crippen LogP contribution in [0.5, 0.6) is 0 Å². The summed E-state index contributed by atoms with van der Waals surface area (Å²) in [5.74, 6) is 0. The zero-order valence-corrected chi connectivity index (χ0v) is 3.49. The van der Waals surface area contributed by atoms with Crippen molar-refractivity contribution in [3.8, 4) is 0 Å². The van der Waals surface area contributed by atoms with E-state index < -0.39 is 0 Å². The van der Waals surface area contributed by atoms with Crippen molar-refractivity contribution in [3.63, 3.8) is 0 Å². The van der Waals surface area contributed by atoms with Crippen LogP contribution in [0.3, 0.4) is 0 Å². The quantitative estimate of drug-likeness (QED) is 0.405. The Labute approximate surface area is 36.7 Å². The molecular weight excluding hydrogens is 119 g/mol. The first kappa shape index (κ1) is 5.46. The third-order valence-corrected chi connectivity index (χ3v) is 0.429. The fourth-order valence-corrected chi connectivity index (χ4v) is 0.0875. The van der Waals surface area contributed by atoms with Gasteiger partial charge in [-0.15, -0.1) is 0 Å². The summed E-state index contributed by atoms with van der Waals surface area (Å²) in [5, 5.41) is 0. The predicted octanol–water partition coefficient (Wildman–Crippen LogP) is -2.45. The predicted molar refractivity (Wildman–Crippen MR) is 1.08 cm³/mol. The smallest absolute Gasteiger partial charge is 0.400 e. The second-order valence-corrected chi connectivity index (χ2v) is 0.903. The Morgan fingerprint density at radius 3 is 1.60 bits per heavy atom. The summed E-state index contributed by atoms with van der Waals surface area (Å²) in [6.07, 6.45) is 0. The maximum atomic E-state index is 8.93. The van der Waals surface area contributed by atoms with Crippen LogP contribution in [-0.2, 0) is 3.84 Å². The molecular formula is Cl2O3. The molecule has 0 bridgehead atoms. The summed E-state index contributed by atoms with van der Waals surface area (Å²) in [5.41, 5.74) is 0. The fourth-order valence-electron chi connectivity index (χ4n) is 0.00972. The summed E-state index contributed by atoms with van der Waals surface area (Å²) in [6.45, 7) is 0. The molecule has 0 aliphatic carbocycles. The summed E-state index contributed by atoms with van der Waals surface area (Å²) >= 11 is 0.299. The van der Waals surface area contributed by atoms with Crippen LogP contribution in [0, 0.1) is 22.7 Å². The van der Waals surface area contributed by atoms with Crippen LogP contribution in [0.1, 0.15) is 0 Å². The molecule has 3 nitrogen and oxygen atoms in total. The van der Waals surface area contributed by atoms with Gasteiger partial charge >= 0.3 is 22.7 Å². The molecule has 0 radical (unpaired) electrons. The van der Waals surface area contributed by atoms with E-state index >= 15 is 0 Å². The van der Waals surface area contributed by atoms with Gasteiger partial charge in [-0.25, -0.2) is 0 Å². The molecule has 0 rings (SSSR count). The first-order chi connectivity index (χ1) is 2.41. The zero-order valence-electron chi connectivity index (χ0n) is 1.98. The Hall–Kier alpha value is 0.460. The van der Waals surface area contributed by atoms with E-state index in [9.17, 15) is 0 Å². The van der Waals surface area contributed by atoms with Crippen molar-refractivity contribution in [3.05, 3.63) is 0 Å². The van der Waals surface area contributed by atoms with Gasteiger partial charge in [0.15, 0.2) is 0 Å². The van der Waals surface area contributed by atoms with Gasteiger partial charge in [0, 0.05) is 0 Å². The summed E-state index contributed by atoms with van der Waals surface area (Å²) in [7, 11) is 0. The maximum Gasteiger partial charge on any atom is 0.400 e. The molecule has 0 amide bonds. The monoisotopic (exact) mass is 118 g/mol. The summed E-state index contributed by atoms with van der Waals surface area (Å²) < 4.78 is 21.3. The Balaban J connectivity index is 2.19. The molecule has 0 aromatic heterocycles. The standard InChI is InChI=1S/Cl2O3/c3-1-5-2-4. The van der Waals surface area contributed by atoms with Crippen LogP contribution in [0.2, 0.25) is 0 Å². The second-order valence-electron chi connectivity index (χ2n) is 0.184. The van der Waals surface area contributed by atoms with Crippen LogP contribution in [0.15, 0.2) is 0 Å². The second kappa shape index (κ2) is 4.46. The van der Waals surface area contributed by atoms with Crippen LogP contribution < -0.4 is 9.32 Å².